The number of nitrogens with zero attached hydrogens (tertiary/aromatic N) is 1. The Morgan fingerprint density at radius 3 is 2.65 bits per heavy atom. The van der Waals surface area contributed by atoms with Gasteiger partial charge in [-0.3, -0.25) is 4.79 Å². The van der Waals surface area contributed by atoms with Gasteiger partial charge in [0.05, 0.1) is 0 Å². The molecular formula is C19H31ClN2O. The molecule has 0 aromatic heterocycles. The third-order valence-corrected chi connectivity index (χ3v) is 4.75. The van der Waals surface area contributed by atoms with Crippen molar-refractivity contribution >= 4 is 18.3 Å². The Labute approximate surface area is 147 Å². The molecule has 1 aliphatic rings. The second-order valence-corrected chi connectivity index (χ2v) is 7.19. The molecule has 1 aromatic carbocycles. The van der Waals surface area contributed by atoms with Crippen LogP contribution < -0.4 is 5.32 Å². The summed E-state index contributed by atoms with van der Waals surface area (Å²) in [6.45, 7) is 7.06. The van der Waals surface area contributed by atoms with Crippen molar-refractivity contribution in [1.29, 1.82) is 0 Å². The van der Waals surface area contributed by atoms with Crippen molar-refractivity contribution in [3.05, 3.63) is 35.9 Å². The largest absolute Gasteiger partial charge is 0.342 e. The van der Waals surface area contributed by atoms with Gasteiger partial charge in [0.15, 0.2) is 0 Å². The van der Waals surface area contributed by atoms with Gasteiger partial charge in [0, 0.05) is 18.5 Å². The minimum Gasteiger partial charge on any atom is -0.342 e. The molecule has 0 radical (unpaired) electrons. The summed E-state index contributed by atoms with van der Waals surface area (Å²) in [5.74, 6) is 0.952. The molecule has 1 unspecified atom stereocenters. The van der Waals surface area contributed by atoms with Crippen LogP contribution in [0.1, 0.15) is 38.7 Å². The number of carbonyl (C=O) groups is 1. The van der Waals surface area contributed by atoms with E-state index < -0.39 is 0 Å². The Morgan fingerprint density at radius 1 is 1.30 bits per heavy atom. The summed E-state index contributed by atoms with van der Waals surface area (Å²) >= 11 is 0. The van der Waals surface area contributed by atoms with E-state index in [1.807, 2.05) is 13.1 Å². The molecule has 2 rings (SSSR count). The molecule has 23 heavy (non-hydrogen) atoms. The molecule has 130 valence electrons. The van der Waals surface area contributed by atoms with Crippen molar-refractivity contribution in [3.63, 3.8) is 0 Å². The average molecular weight is 339 g/mol. The maximum Gasteiger partial charge on any atom is 0.228 e. The average Bonchev–Trinajstić information content (AvgIpc) is 2.96. The highest BCUT2D eigenvalue weighted by molar-refractivity contribution is 5.85. The molecule has 0 bridgehead atoms. The van der Waals surface area contributed by atoms with Crippen molar-refractivity contribution in [2.45, 2.75) is 39.5 Å². The van der Waals surface area contributed by atoms with Crippen molar-refractivity contribution in [3.8, 4) is 0 Å². The number of nitrogens with one attached hydrogen (secondary N) is 1. The predicted octanol–water partition coefficient (Wildman–Crippen LogP) is 3.53. The van der Waals surface area contributed by atoms with E-state index in [1.165, 1.54) is 5.56 Å². The maximum absolute atomic E-state index is 12.8. The maximum atomic E-state index is 12.8. The molecule has 1 heterocycles. The number of amides is 1. The number of rotatable bonds is 7. The van der Waals surface area contributed by atoms with Gasteiger partial charge in [-0.2, -0.15) is 0 Å². The smallest absolute Gasteiger partial charge is 0.228 e. The van der Waals surface area contributed by atoms with Gasteiger partial charge in [-0.05, 0) is 50.8 Å². The van der Waals surface area contributed by atoms with Gasteiger partial charge in [0.25, 0.3) is 0 Å². The van der Waals surface area contributed by atoms with E-state index in [-0.39, 0.29) is 17.8 Å². The Hall–Kier alpha value is -1.06. The number of aryl methyl sites for hydroxylation is 1. The third kappa shape index (κ3) is 5.82. The zero-order valence-corrected chi connectivity index (χ0v) is 15.5. The number of benzene rings is 1. The minimum absolute atomic E-state index is 0. The van der Waals surface area contributed by atoms with Gasteiger partial charge in [-0.25, -0.2) is 0 Å². The van der Waals surface area contributed by atoms with Crippen LogP contribution in [0.3, 0.4) is 0 Å². The molecule has 4 heteroatoms. The van der Waals surface area contributed by atoms with Crippen LogP contribution in [0.25, 0.3) is 0 Å². The van der Waals surface area contributed by atoms with Gasteiger partial charge >= 0.3 is 0 Å². The van der Waals surface area contributed by atoms with Crippen LogP contribution >= 0.6 is 12.4 Å². The topological polar surface area (TPSA) is 32.3 Å². The van der Waals surface area contributed by atoms with Crippen molar-refractivity contribution < 1.29 is 4.79 Å². The Morgan fingerprint density at radius 2 is 2.00 bits per heavy atom. The number of halogens is 1. The van der Waals surface area contributed by atoms with Gasteiger partial charge in [-0.1, -0.05) is 44.2 Å². The molecule has 0 saturated carbocycles. The Balaban J connectivity index is 0.00000264. The van der Waals surface area contributed by atoms with E-state index in [0.29, 0.717) is 11.8 Å². The van der Waals surface area contributed by atoms with Crippen molar-refractivity contribution in [1.82, 2.24) is 10.2 Å². The summed E-state index contributed by atoms with van der Waals surface area (Å²) in [7, 11) is 1.98. The van der Waals surface area contributed by atoms with Gasteiger partial charge in [-0.15, -0.1) is 12.4 Å². The zero-order valence-electron chi connectivity index (χ0n) is 14.7. The highest BCUT2D eigenvalue weighted by Crippen LogP contribution is 2.29. The summed E-state index contributed by atoms with van der Waals surface area (Å²) in [5.41, 5.74) is 1.12. The number of hydrogen-bond acceptors (Lipinski definition) is 2. The fourth-order valence-electron chi connectivity index (χ4n) is 3.39. The van der Waals surface area contributed by atoms with Gasteiger partial charge in [0.1, 0.15) is 0 Å². The summed E-state index contributed by atoms with van der Waals surface area (Å²) in [4.78, 5) is 14.8. The van der Waals surface area contributed by atoms with Crippen LogP contribution in [0.5, 0.6) is 0 Å². The fraction of sp³-hybridized carbons (Fsp3) is 0.632. The number of likely N-dealkylation sites (tertiary alicyclic amines) is 1. The lowest BCUT2D eigenvalue weighted by atomic mass is 9.85. The summed E-state index contributed by atoms with van der Waals surface area (Å²) < 4.78 is 0. The quantitative estimate of drug-likeness (QED) is 0.825. The molecular weight excluding hydrogens is 308 g/mol. The molecule has 0 aliphatic carbocycles. The molecule has 1 fully saturated rings. The van der Waals surface area contributed by atoms with E-state index in [4.69, 9.17) is 0 Å². The van der Waals surface area contributed by atoms with Crippen molar-refractivity contribution in [2.24, 2.45) is 11.3 Å². The Kier molecular flexibility index (Phi) is 8.07. The first-order valence-corrected chi connectivity index (χ1v) is 8.51. The van der Waals surface area contributed by atoms with Crippen LogP contribution in [0.15, 0.2) is 30.3 Å². The molecule has 0 spiro atoms. The molecule has 1 amide bonds. The Bertz CT molecular complexity index is 476. The first-order chi connectivity index (χ1) is 10.5. The summed E-state index contributed by atoms with van der Waals surface area (Å²) in [5, 5.41) is 3.22. The number of carbonyl (C=O) groups excluding carboxylic acids is 1. The van der Waals surface area contributed by atoms with Crippen molar-refractivity contribution in [2.75, 3.05) is 26.7 Å². The first kappa shape index (κ1) is 20.0. The molecule has 1 aromatic rings. The lowest BCUT2D eigenvalue weighted by Gasteiger charge is -2.29. The standard InChI is InChI=1S/C19H30N2O.ClH/c1-19(2,12-7-10-16-8-5-4-6-9-16)18(22)21-13-11-17(15-21)14-20-3;/h4-6,8-9,17,20H,7,10-15H2,1-3H3;1H. The van der Waals surface area contributed by atoms with Gasteiger partial charge in [0.2, 0.25) is 5.91 Å². The van der Waals surface area contributed by atoms with E-state index in [1.54, 1.807) is 0 Å². The molecule has 1 atom stereocenters. The minimum atomic E-state index is -0.247. The monoisotopic (exact) mass is 338 g/mol. The molecule has 1 N–H and O–H groups in total. The lowest BCUT2D eigenvalue weighted by Crippen LogP contribution is -2.40. The highest BCUT2D eigenvalue weighted by Gasteiger charge is 2.35. The normalized spacial score (nSPS) is 17.9. The first-order valence-electron chi connectivity index (χ1n) is 8.51. The fourth-order valence-corrected chi connectivity index (χ4v) is 3.39. The second kappa shape index (κ2) is 9.29. The van der Waals surface area contributed by atoms with E-state index in [2.05, 4.69) is 48.3 Å². The number of hydrogen-bond donors (Lipinski definition) is 1. The van der Waals surface area contributed by atoms with Crippen LogP contribution in [-0.2, 0) is 11.2 Å². The van der Waals surface area contributed by atoms with E-state index in [9.17, 15) is 4.79 Å². The van der Waals surface area contributed by atoms with Crippen LogP contribution in [0.4, 0.5) is 0 Å². The molecule has 3 nitrogen and oxygen atoms in total. The third-order valence-electron chi connectivity index (χ3n) is 4.75. The predicted molar refractivity (Wildman–Crippen MR) is 99.0 cm³/mol. The molecule has 1 saturated heterocycles. The SMILES string of the molecule is CNCC1CCN(C(=O)C(C)(C)CCCc2ccccc2)C1.Cl. The second-order valence-electron chi connectivity index (χ2n) is 7.19. The lowest BCUT2D eigenvalue weighted by molar-refractivity contribution is -0.139. The van der Waals surface area contributed by atoms with Crippen LogP contribution in [-0.4, -0.2) is 37.5 Å². The van der Waals surface area contributed by atoms with Crippen LogP contribution in [0, 0.1) is 11.3 Å². The summed E-state index contributed by atoms with van der Waals surface area (Å²) in [6, 6.07) is 10.5. The van der Waals surface area contributed by atoms with Crippen LogP contribution in [0.2, 0.25) is 0 Å². The highest BCUT2D eigenvalue weighted by atomic mass is 35.5. The molecule has 1 aliphatic heterocycles. The van der Waals surface area contributed by atoms with Gasteiger partial charge < -0.3 is 10.2 Å². The summed E-state index contributed by atoms with van der Waals surface area (Å²) in [6.07, 6.45) is 4.21. The van der Waals surface area contributed by atoms with E-state index in [0.717, 1.165) is 45.3 Å². The zero-order chi connectivity index (χ0) is 16.0. The van der Waals surface area contributed by atoms with E-state index >= 15 is 0 Å².